The summed E-state index contributed by atoms with van der Waals surface area (Å²) >= 11 is 0.877. The Kier molecular flexibility index (Phi) is 5.25. The normalized spacial score (nSPS) is 11.3. The van der Waals surface area contributed by atoms with E-state index >= 15 is 0 Å². The summed E-state index contributed by atoms with van der Waals surface area (Å²) in [6, 6.07) is 6.57. The minimum atomic E-state index is -4.45. The van der Waals surface area contributed by atoms with Crippen LogP contribution in [-0.4, -0.2) is 28.9 Å². The molecule has 23 heavy (non-hydrogen) atoms. The number of carbonyl (C=O) groups excluding carboxylic acids is 1. The molecule has 2 aromatic rings. The highest BCUT2D eigenvalue weighted by Crippen LogP contribution is 2.32. The molecule has 1 aromatic heterocycles. The van der Waals surface area contributed by atoms with E-state index < -0.39 is 11.9 Å². The molecule has 0 saturated heterocycles. The van der Waals surface area contributed by atoms with Crippen LogP contribution in [0.15, 0.2) is 29.6 Å². The molecule has 124 valence electrons. The second-order valence-corrected chi connectivity index (χ2v) is 5.57. The fourth-order valence-electron chi connectivity index (χ4n) is 1.97. The number of halogens is 3. The number of amides is 1. The molecule has 0 fully saturated rings. The predicted octanol–water partition coefficient (Wildman–Crippen LogP) is 4.39. The van der Waals surface area contributed by atoms with Gasteiger partial charge in [0.15, 0.2) is 10.8 Å². The Morgan fingerprint density at radius 1 is 1.22 bits per heavy atom. The van der Waals surface area contributed by atoms with E-state index in [4.69, 9.17) is 0 Å². The van der Waals surface area contributed by atoms with Gasteiger partial charge in [-0.05, 0) is 38.1 Å². The molecule has 0 saturated carbocycles. The molecule has 1 aromatic carbocycles. The second-order valence-electron chi connectivity index (χ2n) is 4.72. The molecular weight excluding hydrogens is 327 g/mol. The van der Waals surface area contributed by atoms with E-state index in [-0.39, 0.29) is 11.0 Å². The minimum Gasteiger partial charge on any atom is -0.339 e. The monoisotopic (exact) mass is 343 g/mol. The summed E-state index contributed by atoms with van der Waals surface area (Å²) in [5.74, 6) is -0.0739. The zero-order valence-electron chi connectivity index (χ0n) is 12.6. The molecule has 1 heterocycles. The van der Waals surface area contributed by atoms with E-state index in [1.165, 1.54) is 0 Å². The van der Waals surface area contributed by atoms with Gasteiger partial charge in [-0.1, -0.05) is 0 Å². The van der Waals surface area contributed by atoms with Crippen molar-refractivity contribution in [3.05, 3.63) is 40.9 Å². The molecule has 1 amide bonds. The number of rotatable bonds is 5. The fourth-order valence-corrected chi connectivity index (χ4v) is 2.71. The van der Waals surface area contributed by atoms with Gasteiger partial charge in [-0.2, -0.15) is 13.2 Å². The Morgan fingerprint density at radius 2 is 1.83 bits per heavy atom. The molecule has 2 rings (SSSR count). The Balaban J connectivity index is 2.08. The van der Waals surface area contributed by atoms with Crippen molar-refractivity contribution in [3.8, 4) is 0 Å². The SMILES string of the molecule is CCN(CC)C(=O)c1ccc(Nc2nc(C(F)(F)F)cs2)cc1. The third-order valence-corrected chi connectivity index (χ3v) is 3.99. The van der Waals surface area contributed by atoms with Crippen molar-refractivity contribution < 1.29 is 18.0 Å². The summed E-state index contributed by atoms with van der Waals surface area (Å²) in [5.41, 5.74) is 0.192. The van der Waals surface area contributed by atoms with E-state index in [0.29, 0.717) is 24.3 Å². The molecule has 0 atom stereocenters. The van der Waals surface area contributed by atoms with E-state index in [9.17, 15) is 18.0 Å². The third-order valence-electron chi connectivity index (χ3n) is 3.23. The standard InChI is InChI=1S/C15H16F3N3OS/c1-3-21(4-2)13(22)10-5-7-11(8-6-10)19-14-20-12(9-23-14)15(16,17)18/h5-9H,3-4H2,1-2H3,(H,19,20). The molecule has 4 nitrogen and oxygen atoms in total. The van der Waals surface area contributed by atoms with E-state index in [2.05, 4.69) is 10.3 Å². The number of thiazole rings is 1. The van der Waals surface area contributed by atoms with Crippen molar-refractivity contribution in [1.29, 1.82) is 0 Å². The number of hydrogen-bond acceptors (Lipinski definition) is 4. The summed E-state index contributed by atoms with van der Waals surface area (Å²) in [6.45, 7) is 5.04. The molecule has 0 radical (unpaired) electrons. The first-order valence-electron chi connectivity index (χ1n) is 7.04. The molecule has 0 spiro atoms. The quantitative estimate of drug-likeness (QED) is 0.876. The van der Waals surface area contributed by atoms with Gasteiger partial charge in [-0.3, -0.25) is 4.79 Å². The van der Waals surface area contributed by atoms with Crippen LogP contribution in [0.4, 0.5) is 24.0 Å². The molecule has 0 aliphatic carbocycles. The zero-order valence-corrected chi connectivity index (χ0v) is 13.5. The fraction of sp³-hybridized carbons (Fsp3) is 0.333. The number of hydrogen-bond donors (Lipinski definition) is 1. The van der Waals surface area contributed by atoms with Crippen LogP contribution in [-0.2, 0) is 6.18 Å². The van der Waals surface area contributed by atoms with Crippen LogP contribution in [0, 0.1) is 0 Å². The third kappa shape index (κ3) is 4.22. The lowest BCUT2D eigenvalue weighted by molar-refractivity contribution is -0.140. The van der Waals surface area contributed by atoms with Crippen LogP contribution < -0.4 is 5.32 Å². The minimum absolute atomic E-state index is 0.0739. The van der Waals surface area contributed by atoms with Gasteiger partial charge in [0, 0.05) is 29.7 Å². The topological polar surface area (TPSA) is 45.2 Å². The molecule has 0 bridgehead atoms. The van der Waals surface area contributed by atoms with Crippen molar-refractivity contribution in [2.75, 3.05) is 18.4 Å². The van der Waals surface area contributed by atoms with Crippen LogP contribution in [0.2, 0.25) is 0 Å². The number of anilines is 2. The maximum Gasteiger partial charge on any atom is 0.434 e. The molecule has 1 N–H and O–H groups in total. The van der Waals surface area contributed by atoms with Crippen LogP contribution in [0.3, 0.4) is 0 Å². The first kappa shape index (κ1) is 17.3. The number of carbonyl (C=O) groups is 1. The highest BCUT2D eigenvalue weighted by atomic mass is 32.1. The van der Waals surface area contributed by atoms with Crippen LogP contribution in [0.25, 0.3) is 0 Å². The maximum absolute atomic E-state index is 12.5. The van der Waals surface area contributed by atoms with E-state index in [1.807, 2.05) is 13.8 Å². The van der Waals surface area contributed by atoms with Gasteiger partial charge in [0.05, 0.1) is 0 Å². The predicted molar refractivity (Wildman–Crippen MR) is 84.1 cm³/mol. The smallest absolute Gasteiger partial charge is 0.339 e. The molecular formula is C15H16F3N3OS. The number of nitrogens with one attached hydrogen (secondary N) is 1. The largest absolute Gasteiger partial charge is 0.434 e. The second kappa shape index (κ2) is 6.99. The van der Waals surface area contributed by atoms with E-state index in [0.717, 1.165) is 16.7 Å². The Morgan fingerprint density at radius 3 is 2.30 bits per heavy atom. The van der Waals surface area contributed by atoms with Gasteiger partial charge in [-0.15, -0.1) is 11.3 Å². The van der Waals surface area contributed by atoms with Crippen LogP contribution in [0.1, 0.15) is 29.9 Å². The molecule has 0 aliphatic heterocycles. The van der Waals surface area contributed by atoms with Gasteiger partial charge in [-0.25, -0.2) is 4.98 Å². The van der Waals surface area contributed by atoms with Crippen LogP contribution >= 0.6 is 11.3 Å². The highest BCUT2D eigenvalue weighted by molar-refractivity contribution is 7.13. The molecule has 0 unspecified atom stereocenters. The first-order valence-corrected chi connectivity index (χ1v) is 7.92. The van der Waals surface area contributed by atoms with Gasteiger partial charge < -0.3 is 10.2 Å². The highest BCUT2D eigenvalue weighted by Gasteiger charge is 2.33. The summed E-state index contributed by atoms with van der Waals surface area (Å²) in [7, 11) is 0. The lowest BCUT2D eigenvalue weighted by Crippen LogP contribution is -2.30. The van der Waals surface area contributed by atoms with Crippen molar-refractivity contribution in [1.82, 2.24) is 9.88 Å². The number of benzene rings is 1. The van der Waals surface area contributed by atoms with Crippen molar-refractivity contribution in [3.63, 3.8) is 0 Å². The Labute approximate surface area is 136 Å². The summed E-state index contributed by atoms with van der Waals surface area (Å²) < 4.78 is 37.5. The van der Waals surface area contributed by atoms with Gasteiger partial charge in [0.25, 0.3) is 5.91 Å². The average Bonchev–Trinajstić information content (AvgIpc) is 2.98. The van der Waals surface area contributed by atoms with Gasteiger partial charge >= 0.3 is 6.18 Å². The average molecular weight is 343 g/mol. The van der Waals surface area contributed by atoms with Crippen molar-refractivity contribution >= 4 is 28.1 Å². The number of nitrogens with zero attached hydrogens (tertiary/aromatic N) is 2. The molecule has 0 aliphatic rings. The zero-order chi connectivity index (χ0) is 17.0. The molecule has 8 heteroatoms. The van der Waals surface area contributed by atoms with Crippen LogP contribution in [0.5, 0.6) is 0 Å². The lowest BCUT2D eigenvalue weighted by Gasteiger charge is -2.18. The number of alkyl halides is 3. The lowest BCUT2D eigenvalue weighted by atomic mass is 10.2. The summed E-state index contributed by atoms with van der Waals surface area (Å²) in [5, 5.41) is 3.91. The van der Waals surface area contributed by atoms with Gasteiger partial charge in [0.2, 0.25) is 0 Å². The number of aromatic nitrogens is 1. The van der Waals surface area contributed by atoms with E-state index in [1.54, 1.807) is 29.2 Å². The Bertz CT molecular complexity index is 663. The van der Waals surface area contributed by atoms with Gasteiger partial charge in [0.1, 0.15) is 0 Å². The first-order chi connectivity index (χ1) is 10.8. The maximum atomic E-state index is 12.5. The summed E-state index contributed by atoms with van der Waals surface area (Å²) in [6.07, 6.45) is -4.45. The Hall–Kier alpha value is -2.09. The van der Waals surface area contributed by atoms with Crippen molar-refractivity contribution in [2.45, 2.75) is 20.0 Å². The van der Waals surface area contributed by atoms with Crippen molar-refractivity contribution in [2.24, 2.45) is 0 Å². The summed E-state index contributed by atoms with van der Waals surface area (Å²) in [4.78, 5) is 17.4.